The van der Waals surface area contributed by atoms with Crippen LogP contribution in [0, 0.1) is 0 Å². The van der Waals surface area contributed by atoms with Gasteiger partial charge >= 0.3 is 6.03 Å². The van der Waals surface area contributed by atoms with Crippen molar-refractivity contribution in [2.24, 2.45) is 0 Å². The first-order valence-electron chi connectivity index (χ1n) is 3.45. The molecule has 3 amide bonds. The van der Waals surface area contributed by atoms with Gasteiger partial charge in [-0.05, 0) is 13.3 Å². The van der Waals surface area contributed by atoms with Gasteiger partial charge in [-0.3, -0.25) is 4.79 Å². The van der Waals surface area contributed by atoms with Gasteiger partial charge in [0.2, 0.25) is 0 Å². The zero-order valence-corrected chi connectivity index (χ0v) is 9.85. The first kappa shape index (κ1) is 9.98. The minimum atomic E-state index is -0.763. The average Bonchev–Trinajstić information content (AvgIpc) is 2.22. The Labute approximate surface area is 87.6 Å². The summed E-state index contributed by atoms with van der Waals surface area (Å²) in [5, 5.41) is 0. The highest BCUT2D eigenvalue weighted by molar-refractivity contribution is 9.08. The molecule has 1 fully saturated rings. The van der Waals surface area contributed by atoms with E-state index in [1.54, 1.807) is 6.92 Å². The van der Waals surface area contributed by atoms with Crippen LogP contribution in [-0.4, -0.2) is 25.3 Å². The molecule has 68 valence electrons. The molecule has 0 aromatic heterocycles. The van der Waals surface area contributed by atoms with Gasteiger partial charge in [0, 0.05) is 0 Å². The lowest BCUT2D eigenvalue weighted by Gasteiger charge is -2.23. The number of hydrogen-bond donors (Lipinski definition) is 0. The molecule has 6 heteroatoms. The van der Waals surface area contributed by atoms with Gasteiger partial charge in [-0.2, -0.15) is 3.93 Å². The number of imide groups is 1. The van der Waals surface area contributed by atoms with Crippen molar-refractivity contribution >= 4 is 44.2 Å². The summed E-state index contributed by atoms with van der Waals surface area (Å²) in [6.07, 6.45) is 0.574. The van der Waals surface area contributed by atoms with Crippen LogP contribution in [0.1, 0.15) is 20.3 Å². The van der Waals surface area contributed by atoms with Crippen molar-refractivity contribution in [3.8, 4) is 0 Å². The fourth-order valence-corrected chi connectivity index (χ4v) is 2.28. The molecule has 1 atom stereocenters. The van der Waals surface area contributed by atoms with Crippen LogP contribution in [0.25, 0.3) is 0 Å². The van der Waals surface area contributed by atoms with E-state index in [-0.39, 0.29) is 11.9 Å². The minimum absolute atomic E-state index is 0.244. The summed E-state index contributed by atoms with van der Waals surface area (Å²) in [4.78, 5) is 22.7. The number of carbonyl (C=O) groups excluding carboxylic acids is 2. The molecule has 1 aliphatic rings. The molecule has 0 N–H and O–H groups in total. The molecule has 0 spiro atoms. The Balaban J connectivity index is 3.06. The van der Waals surface area contributed by atoms with Crippen molar-refractivity contribution < 1.29 is 9.59 Å². The summed E-state index contributed by atoms with van der Waals surface area (Å²) >= 11 is 5.95. The highest BCUT2D eigenvalue weighted by atomic mass is 79.9. The van der Waals surface area contributed by atoms with Crippen LogP contribution >= 0.6 is 32.3 Å². The molecule has 0 radical (unpaired) electrons. The summed E-state index contributed by atoms with van der Waals surface area (Å²) < 4.78 is 2.20. The zero-order valence-electron chi connectivity index (χ0n) is 6.67. The zero-order chi connectivity index (χ0) is 9.52. The Hall–Kier alpha value is -0.100. The maximum Gasteiger partial charge on any atom is 0.348 e. The molecule has 0 aromatic carbocycles. The Kier molecular flexibility index (Phi) is 2.49. The van der Waals surface area contributed by atoms with Crippen LogP contribution in [0.5, 0.6) is 0 Å². The van der Waals surface area contributed by atoms with Crippen molar-refractivity contribution in [3.63, 3.8) is 0 Å². The Morgan fingerprint density at radius 2 is 1.92 bits per heavy atom. The molecule has 0 saturated carbocycles. The summed E-state index contributed by atoms with van der Waals surface area (Å²) in [6, 6.07) is -0.385. The third-order valence-electron chi connectivity index (χ3n) is 2.10. The predicted molar refractivity (Wildman–Crippen MR) is 50.6 cm³/mol. The van der Waals surface area contributed by atoms with Gasteiger partial charge in [0.05, 0.1) is 32.3 Å². The Morgan fingerprint density at radius 1 is 1.42 bits per heavy atom. The SMILES string of the molecule is CC[C@]1(C)C(=O)N(Br)C(=O)N1Br. The molecule has 0 aromatic rings. The lowest BCUT2D eigenvalue weighted by atomic mass is 10.0. The van der Waals surface area contributed by atoms with Gasteiger partial charge in [-0.15, -0.1) is 0 Å². The molecular weight excluding hydrogens is 292 g/mol. The molecule has 1 aliphatic heterocycles. The minimum Gasteiger partial charge on any atom is -0.271 e. The first-order chi connectivity index (χ1) is 5.45. The molecule has 0 bridgehead atoms. The maximum atomic E-state index is 11.5. The number of hydrogen-bond acceptors (Lipinski definition) is 2. The van der Waals surface area contributed by atoms with Crippen molar-refractivity contribution in [1.82, 2.24) is 7.85 Å². The lowest BCUT2D eigenvalue weighted by Crippen LogP contribution is -2.40. The fraction of sp³-hybridized carbons (Fsp3) is 0.667. The molecule has 0 aliphatic carbocycles. The number of carbonyl (C=O) groups is 2. The molecule has 1 saturated heterocycles. The summed E-state index contributed by atoms with van der Waals surface area (Å²) in [7, 11) is 0. The maximum absolute atomic E-state index is 11.5. The summed E-state index contributed by atoms with van der Waals surface area (Å²) in [5.41, 5.74) is -0.763. The largest absolute Gasteiger partial charge is 0.348 e. The standard InChI is InChI=1S/C6H8Br2N2O2/c1-3-6(2)4(11)9(7)5(12)10(6)8/h3H2,1-2H3/t6-/m1/s1. The number of halogens is 2. The highest BCUT2D eigenvalue weighted by Gasteiger charge is 2.52. The third kappa shape index (κ3) is 1.08. The van der Waals surface area contributed by atoms with Gasteiger partial charge in [-0.25, -0.2) is 8.72 Å². The highest BCUT2D eigenvalue weighted by Crippen LogP contribution is 2.34. The van der Waals surface area contributed by atoms with Crippen molar-refractivity contribution in [2.75, 3.05) is 0 Å². The lowest BCUT2D eigenvalue weighted by molar-refractivity contribution is -0.127. The normalized spacial score (nSPS) is 30.3. The molecule has 1 heterocycles. The molecule has 12 heavy (non-hydrogen) atoms. The van der Waals surface area contributed by atoms with Gasteiger partial charge in [0.25, 0.3) is 5.91 Å². The van der Waals surface area contributed by atoms with E-state index >= 15 is 0 Å². The van der Waals surface area contributed by atoms with Crippen molar-refractivity contribution in [1.29, 1.82) is 0 Å². The van der Waals surface area contributed by atoms with Crippen LogP contribution < -0.4 is 0 Å². The van der Waals surface area contributed by atoms with E-state index in [9.17, 15) is 9.59 Å². The number of amides is 3. The van der Waals surface area contributed by atoms with E-state index in [0.717, 1.165) is 3.93 Å². The quantitative estimate of drug-likeness (QED) is 0.549. The van der Waals surface area contributed by atoms with Crippen LogP contribution in [0.4, 0.5) is 4.79 Å². The fourth-order valence-electron chi connectivity index (χ4n) is 0.961. The molecule has 4 nitrogen and oxygen atoms in total. The van der Waals surface area contributed by atoms with Crippen LogP contribution in [0.15, 0.2) is 0 Å². The smallest absolute Gasteiger partial charge is 0.271 e. The van der Waals surface area contributed by atoms with Crippen LogP contribution in [-0.2, 0) is 4.79 Å². The van der Waals surface area contributed by atoms with Gasteiger partial charge < -0.3 is 0 Å². The summed E-state index contributed by atoms with van der Waals surface area (Å²) in [5.74, 6) is -0.244. The van der Waals surface area contributed by atoms with Crippen molar-refractivity contribution in [2.45, 2.75) is 25.8 Å². The van der Waals surface area contributed by atoms with Crippen molar-refractivity contribution in [3.05, 3.63) is 0 Å². The molecule has 1 rings (SSSR count). The number of nitrogens with zero attached hydrogens (tertiary/aromatic N) is 2. The number of rotatable bonds is 1. The predicted octanol–water partition coefficient (Wildman–Crippen LogP) is 2.04. The molecule has 0 unspecified atom stereocenters. The Morgan fingerprint density at radius 3 is 2.08 bits per heavy atom. The summed E-state index contributed by atoms with van der Waals surface area (Å²) in [6.45, 7) is 3.56. The van der Waals surface area contributed by atoms with Crippen LogP contribution in [0.3, 0.4) is 0 Å². The monoisotopic (exact) mass is 298 g/mol. The van der Waals surface area contributed by atoms with Gasteiger partial charge in [0.1, 0.15) is 5.54 Å². The van der Waals surface area contributed by atoms with E-state index < -0.39 is 5.54 Å². The van der Waals surface area contributed by atoms with Crippen LogP contribution in [0.2, 0.25) is 0 Å². The van der Waals surface area contributed by atoms with E-state index in [1.165, 1.54) is 3.93 Å². The van der Waals surface area contributed by atoms with E-state index in [4.69, 9.17) is 0 Å². The van der Waals surface area contributed by atoms with E-state index in [0.29, 0.717) is 6.42 Å². The van der Waals surface area contributed by atoms with E-state index in [2.05, 4.69) is 32.3 Å². The first-order valence-corrected chi connectivity index (χ1v) is 4.87. The van der Waals surface area contributed by atoms with Gasteiger partial charge in [-0.1, -0.05) is 6.92 Å². The van der Waals surface area contributed by atoms with E-state index in [1.807, 2.05) is 6.92 Å². The second-order valence-electron chi connectivity index (χ2n) is 2.78. The number of urea groups is 1. The second kappa shape index (κ2) is 2.99. The second-order valence-corrected chi connectivity index (χ2v) is 4.20. The third-order valence-corrected chi connectivity index (χ3v) is 3.81. The Bertz CT molecular complexity index is 246. The molecular formula is C6H8Br2N2O2. The average molecular weight is 300 g/mol. The van der Waals surface area contributed by atoms with Gasteiger partial charge in [0.15, 0.2) is 0 Å². The topological polar surface area (TPSA) is 40.6 Å².